The van der Waals surface area contributed by atoms with Gasteiger partial charge in [-0.25, -0.2) is 0 Å². The number of hydrogen-bond donors (Lipinski definition) is 0. The molecule has 0 aliphatic heterocycles. The maximum atomic E-state index is 3.63. The number of thioether (sulfide) groups is 1. The summed E-state index contributed by atoms with van der Waals surface area (Å²) < 4.78 is 0. The highest BCUT2D eigenvalue weighted by Gasteiger charge is 2.09. The summed E-state index contributed by atoms with van der Waals surface area (Å²) in [6.45, 7) is 0. The van der Waals surface area contributed by atoms with Crippen molar-refractivity contribution in [2.75, 3.05) is 11.1 Å². The van der Waals surface area contributed by atoms with Crippen molar-refractivity contribution in [3.05, 3.63) is 71.8 Å². The first-order valence-corrected chi connectivity index (χ1v) is 8.40. The van der Waals surface area contributed by atoms with Gasteiger partial charge in [-0.15, -0.1) is 0 Å². The third-order valence-electron chi connectivity index (χ3n) is 2.89. The van der Waals surface area contributed by atoms with Crippen LogP contribution in [0.5, 0.6) is 0 Å². The minimum absolute atomic E-state index is 0.597. The van der Waals surface area contributed by atoms with E-state index in [-0.39, 0.29) is 0 Å². The van der Waals surface area contributed by atoms with E-state index in [1.54, 1.807) is 0 Å². The van der Waals surface area contributed by atoms with Gasteiger partial charge in [0.25, 0.3) is 0 Å². The van der Waals surface area contributed by atoms with Gasteiger partial charge in [0.2, 0.25) is 0 Å². The quantitative estimate of drug-likeness (QED) is 0.667. The molecule has 1 atom stereocenters. The predicted octanol–water partition coefficient (Wildman–Crippen LogP) is 5.10. The minimum Gasteiger partial charge on any atom is -0.157 e. The average Bonchev–Trinajstić information content (AvgIpc) is 2.46. The molecule has 1 unspecified atom stereocenters. The largest absolute Gasteiger partial charge is 0.157 e. The van der Waals surface area contributed by atoms with E-state index in [1.165, 1.54) is 11.1 Å². The molecule has 94 valence electrons. The molecule has 0 nitrogen and oxygen atoms in total. The zero-order chi connectivity index (χ0) is 12.6. The van der Waals surface area contributed by atoms with Crippen LogP contribution >= 0.6 is 27.7 Å². The Kier molecular flexibility index (Phi) is 5.82. The Balaban J connectivity index is 1.85. The van der Waals surface area contributed by atoms with Crippen LogP contribution in [0.25, 0.3) is 0 Å². The predicted molar refractivity (Wildman–Crippen MR) is 85.6 cm³/mol. The molecular formula is C16H17BrS. The van der Waals surface area contributed by atoms with Crippen molar-refractivity contribution in [3.8, 4) is 0 Å². The molecule has 0 N–H and O–H groups in total. The standard InChI is InChI=1S/C16H17BrS/c17-11-16(15-9-5-2-6-10-15)13-18-12-14-7-3-1-4-8-14/h1-10,16H,11-13H2. The molecule has 18 heavy (non-hydrogen) atoms. The van der Waals surface area contributed by atoms with Gasteiger partial charge in [-0.1, -0.05) is 76.6 Å². The Bertz CT molecular complexity index is 441. The number of hydrogen-bond acceptors (Lipinski definition) is 1. The zero-order valence-corrected chi connectivity index (χ0v) is 12.7. The third-order valence-corrected chi connectivity index (χ3v) is 4.84. The summed E-state index contributed by atoms with van der Waals surface area (Å²) in [6, 6.07) is 21.4. The fraction of sp³-hybridized carbons (Fsp3) is 0.250. The molecule has 0 aliphatic carbocycles. The second-order valence-corrected chi connectivity index (χ2v) is 5.94. The highest BCUT2D eigenvalue weighted by atomic mass is 79.9. The molecule has 0 spiro atoms. The molecule has 2 rings (SSSR count). The van der Waals surface area contributed by atoms with Gasteiger partial charge in [-0.3, -0.25) is 0 Å². The molecule has 2 heteroatoms. The lowest BCUT2D eigenvalue weighted by Gasteiger charge is -2.14. The molecule has 0 saturated heterocycles. The SMILES string of the molecule is BrCC(CSCc1ccccc1)c1ccccc1. The third kappa shape index (κ3) is 4.18. The van der Waals surface area contributed by atoms with Crippen LogP contribution in [0.1, 0.15) is 17.0 Å². The minimum atomic E-state index is 0.597. The Morgan fingerprint density at radius 3 is 2.11 bits per heavy atom. The summed E-state index contributed by atoms with van der Waals surface area (Å²) >= 11 is 5.63. The van der Waals surface area contributed by atoms with Gasteiger partial charge in [-0.05, 0) is 11.1 Å². The lowest BCUT2D eigenvalue weighted by molar-refractivity contribution is 0.902. The highest BCUT2D eigenvalue weighted by molar-refractivity contribution is 9.09. The normalized spacial score (nSPS) is 12.3. The average molecular weight is 321 g/mol. The Hall–Kier alpha value is -0.730. The van der Waals surface area contributed by atoms with E-state index in [0.717, 1.165) is 16.8 Å². The van der Waals surface area contributed by atoms with E-state index in [4.69, 9.17) is 0 Å². The first-order valence-electron chi connectivity index (χ1n) is 6.12. The first kappa shape index (κ1) is 13.7. The number of rotatable bonds is 6. The topological polar surface area (TPSA) is 0 Å². The van der Waals surface area contributed by atoms with Crippen molar-refractivity contribution in [1.29, 1.82) is 0 Å². The fourth-order valence-electron chi connectivity index (χ4n) is 1.85. The van der Waals surface area contributed by atoms with Crippen LogP contribution in [-0.4, -0.2) is 11.1 Å². The fourth-order valence-corrected chi connectivity index (χ4v) is 3.89. The highest BCUT2D eigenvalue weighted by Crippen LogP contribution is 2.24. The molecular weight excluding hydrogens is 304 g/mol. The van der Waals surface area contributed by atoms with Crippen molar-refractivity contribution in [1.82, 2.24) is 0 Å². The van der Waals surface area contributed by atoms with Crippen molar-refractivity contribution >= 4 is 27.7 Å². The number of benzene rings is 2. The second kappa shape index (κ2) is 7.65. The van der Waals surface area contributed by atoms with Crippen LogP contribution < -0.4 is 0 Å². The molecule has 0 fully saturated rings. The molecule has 0 aromatic heterocycles. The van der Waals surface area contributed by atoms with Crippen LogP contribution in [0.15, 0.2) is 60.7 Å². The lowest BCUT2D eigenvalue weighted by atomic mass is 10.0. The van der Waals surface area contributed by atoms with Gasteiger partial charge in [0.1, 0.15) is 0 Å². The van der Waals surface area contributed by atoms with Gasteiger partial charge in [0, 0.05) is 22.8 Å². The van der Waals surface area contributed by atoms with Crippen LogP contribution in [0.4, 0.5) is 0 Å². The zero-order valence-electron chi connectivity index (χ0n) is 10.3. The molecule has 0 amide bonds. The van der Waals surface area contributed by atoms with Gasteiger partial charge in [-0.2, -0.15) is 11.8 Å². The van der Waals surface area contributed by atoms with Crippen molar-refractivity contribution in [3.63, 3.8) is 0 Å². The van der Waals surface area contributed by atoms with Gasteiger partial charge >= 0.3 is 0 Å². The Morgan fingerprint density at radius 2 is 1.50 bits per heavy atom. The first-order chi connectivity index (χ1) is 8.90. The van der Waals surface area contributed by atoms with E-state index < -0.39 is 0 Å². The van der Waals surface area contributed by atoms with Crippen LogP contribution in [-0.2, 0) is 5.75 Å². The molecule has 0 bridgehead atoms. The molecule has 2 aromatic rings. The lowest BCUT2D eigenvalue weighted by Crippen LogP contribution is -2.03. The number of halogens is 1. The molecule has 0 radical (unpaired) electrons. The van der Waals surface area contributed by atoms with E-state index in [0.29, 0.717) is 5.92 Å². The van der Waals surface area contributed by atoms with E-state index in [1.807, 2.05) is 11.8 Å². The summed E-state index contributed by atoms with van der Waals surface area (Å²) in [5, 5.41) is 1.03. The van der Waals surface area contributed by atoms with Crippen molar-refractivity contribution in [2.45, 2.75) is 11.7 Å². The summed E-state index contributed by atoms with van der Waals surface area (Å²) in [7, 11) is 0. The van der Waals surface area contributed by atoms with Crippen LogP contribution in [0.3, 0.4) is 0 Å². The van der Waals surface area contributed by atoms with Gasteiger partial charge in [0.05, 0.1) is 0 Å². The summed E-state index contributed by atoms with van der Waals surface area (Å²) in [6.07, 6.45) is 0. The van der Waals surface area contributed by atoms with Gasteiger partial charge < -0.3 is 0 Å². The van der Waals surface area contributed by atoms with Crippen molar-refractivity contribution < 1.29 is 0 Å². The Labute approximate surface area is 122 Å². The van der Waals surface area contributed by atoms with Crippen LogP contribution in [0.2, 0.25) is 0 Å². The molecule has 0 saturated carbocycles. The summed E-state index contributed by atoms with van der Waals surface area (Å²) in [4.78, 5) is 0. The molecule has 2 aromatic carbocycles. The van der Waals surface area contributed by atoms with Crippen LogP contribution in [0, 0.1) is 0 Å². The molecule has 0 aliphatic rings. The number of alkyl halides is 1. The maximum absolute atomic E-state index is 3.63. The molecule has 0 heterocycles. The second-order valence-electron chi connectivity index (χ2n) is 4.26. The smallest absolute Gasteiger partial charge is 0.0184 e. The monoisotopic (exact) mass is 320 g/mol. The Morgan fingerprint density at radius 1 is 0.889 bits per heavy atom. The summed E-state index contributed by atoms with van der Waals surface area (Å²) in [5.41, 5.74) is 2.83. The maximum Gasteiger partial charge on any atom is 0.0184 e. The van der Waals surface area contributed by atoms with E-state index in [9.17, 15) is 0 Å². The van der Waals surface area contributed by atoms with E-state index in [2.05, 4.69) is 76.6 Å². The summed E-state index contributed by atoms with van der Waals surface area (Å²) in [5.74, 6) is 2.85. The van der Waals surface area contributed by atoms with Gasteiger partial charge in [0.15, 0.2) is 0 Å². The van der Waals surface area contributed by atoms with E-state index >= 15 is 0 Å². The van der Waals surface area contributed by atoms with Crippen molar-refractivity contribution in [2.24, 2.45) is 0 Å².